The molecule has 4 nitrogen and oxygen atoms in total. The fourth-order valence-corrected chi connectivity index (χ4v) is 2.80. The molecule has 1 aromatic heterocycles. The molecule has 0 aromatic carbocycles. The van der Waals surface area contributed by atoms with Crippen LogP contribution in [0.15, 0.2) is 4.52 Å². The van der Waals surface area contributed by atoms with Crippen LogP contribution in [0.4, 0.5) is 0 Å². The molecule has 108 valence electrons. The van der Waals surface area contributed by atoms with Crippen molar-refractivity contribution in [1.82, 2.24) is 15.5 Å². The Morgan fingerprint density at radius 3 is 2.74 bits per heavy atom. The molecule has 1 aromatic rings. The predicted octanol–water partition coefficient (Wildman–Crippen LogP) is 3.44. The van der Waals surface area contributed by atoms with Crippen molar-refractivity contribution in [2.24, 2.45) is 0 Å². The SMILES string of the molecule is CCCNC(CC)Cc1nc(C2CCCCC2)no1. The normalized spacial score (nSPS) is 18.6. The molecule has 0 spiro atoms. The van der Waals surface area contributed by atoms with Crippen molar-refractivity contribution in [3.05, 3.63) is 11.7 Å². The van der Waals surface area contributed by atoms with Crippen molar-refractivity contribution in [3.63, 3.8) is 0 Å². The summed E-state index contributed by atoms with van der Waals surface area (Å²) < 4.78 is 5.43. The number of nitrogens with one attached hydrogen (secondary N) is 1. The van der Waals surface area contributed by atoms with Gasteiger partial charge in [-0.15, -0.1) is 0 Å². The number of hydrogen-bond donors (Lipinski definition) is 1. The maximum atomic E-state index is 5.43. The van der Waals surface area contributed by atoms with Gasteiger partial charge in [0.15, 0.2) is 5.82 Å². The molecule has 1 unspecified atom stereocenters. The molecule has 0 amide bonds. The van der Waals surface area contributed by atoms with Gasteiger partial charge < -0.3 is 9.84 Å². The molecule has 19 heavy (non-hydrogen) atoms. The zero-order chi connectivity index (χ0) is 13.5. The first-order valence-electron chi connectivity index (χ1n) is 7.89. The van der Waals surface area contributed by atoms with Crippen molar-refractivity contribution < 1.29 is 4.52 Å². The Kier molecular flexibility index (Phi) is 5.83. The van der Waals surface area contributed by atoms with Crippen LogP contribution in [0.25, 0.3) is 0 Å². The van der Waals surface area contributed by atoms with Gasteiger partial charge in [-0.05, 0) is 32.2 Å². The molecule has 0 radical (unpaired) electrons. The average molecular weight is 265 g/mol. The van der Waals surface area contributed by atoms with Crippen molar-refractivity contribution in [3.8, 4) is 0 Å². The number of hydrogen-bond acceptors (Lipinski definition) is 4. The molecule has 1 fully saturated rings. The third-order valence-corrected chi connectivity index (χ3v) is 4.05. The quantitative estimate of drug-likeness (QED) is 0.820. The molecular formula is C15H27N3O. The zero-order valence-corrected chi connectivity index (χ0v) is 12.3. The lowest BCUT2D eigenvalue weighted by Crippen LogP contribution is -2.31. The third kappa shape index (κ3) is 4.30. The highest BCUT2D eigenvalue weighted by Gasteiger charge is 2.21. The van der Waals surface area contributed by atoms with E-state index in [0.29, 0.717) is 12.0 Å². The predicted molar refractivity (Wildman–Crippen MR) is 76.2 cm³/mol. The average Bonchev–Trinajstić information content (AvgIpc) is 2.93. The maximum Gasteiger partial charge on any atom is 0.228 e. The summed E-state index contributed by atoms with van der Waals surface area (Å²) in [6.07, 6.45) is 9.55. The van der Waals surface area contributed by atoms with Gasteiger partial charge in [-0.25, -0.2) is 0 Å². The fraction of sp³-hybridized carbons (Fsp3) is 0.867. The molecule has 1 saturated carbocycles. The summed E-state index contributed by atoms with van der Waals surface area (Å²) in [5.74, 6) is 2.28. The van der Waals surface area contributed by atoms with Crippen LogP contribution in [0, 0.1) is 0 Å². The van der Waals surface area contributed by atoms with Crippen LogP contribution < -0.4 is 5.32 Å². The van der Waals surface area contributed by atoms with Crippen LogP contribution in [-0.2, 0) is 6.42 Å². The van der Waals surface area contributed by atoms with E-state index < -0.39 is 0 Å². The summed E-state index contributed by atoms with van der Waals surface area (Å²) in [7, 11) is 0. The summed E-state index contributed by atoms with van der Waals surface area (Å²) in [6.45, 7) is 5.45. The lowest BCUT2D eigenvalue weighted by Gasteiger charge is -2.17. The Labute approximate surface area is 116 Å². The summed E-state index contributed by atoms with van der Waals surface area (Å²) in [5, 5.41) is 7.72. The molecular weight excluding hydrogens is 238 g/mol. The van der Waals surface area contributed by atoms with Crippen molar-refractivity contribution >= 4 is 0 Å². The minimum Gasteiger partial charge on any atom is -0.339 e. The Morgan fingerprint density at radius 1 is 1.26 bits per heavy atom. The van der Waals surface area contributed by atoms with E-state index in [1.165, 1.54) is 32.1 Å². The van der Waals surface area contributed by atoms with Gasteiger partial charge in [0.25, 0.3) is 0 Å². The highest BCUT2D eigenvalue weighted by molar-refractivity contribution is 4.98. The second-order valence-electron chi connectivity index (χ2n) is 5.64. The molecule has 0 aliphatic heterocycles. The Balaban J connectivity index is 1.88. The van der Waals surface area contributed by atoms with E-state index in [4.69, 9.17) is 4.52 Å². The van der Waals surface area contributed by atoms with Gasteiger partial charge >= 0.3 is 0 Å². The molecule has 2 rings (SSSR count). The highest BCUT2D eigenvalue weighted by atomic mass is 16.5. The van der Waals surface area contributed by atoms with Crippen molar-refractivity contribution in [2.75, 3.05) is 6.54 Å². The first kappa shape index (κ1) is 14.5. The van der Waals surface area contributed by atoms with Gasteiger partial charge in [0.2, 0.25) is 5.89 Å². The van der Waals surface area contributed by atoms with Crippen LogP contribution in [-0.4, -0.2) is 22.7 Å². The van der Waals surface area contributed by atoms with E-state index in [2.05, 4.69) is 29.3 Å². The smallest absolute Gasteiger partial charge is 0.228 e. The van der Waals surface area contributed by atoms with E-state index in [1.807, 2.05) is 0 Å². The van der Waals surface area contributed by atoms with E-state index >= 15 is 0 Å². The minimum atomic E-state index is 0.458. The van der Waals surface area contributed by atoms with Gasteiger partial charge in [0, 0.05) is 18.4 Å². The molecule has 1 atom stereocenters. The molecule has 4 heteroatoms. The first-order valence-corrected chi connectivity index (χ1v) is 7.89. The summed E-state index contributed by atoms with van der Waals surface area (Å²) in [6, 6.07) is 0.458. The molecule has 1 N–H and O–H groups in total. The van der Waals surface area contributed by atoms with Crippen LogP contribution >= 0.6 is 0 Å². The van der Waals surface area contributed by atoms with Crippen LogP contribution in [0.2, 0.25) is 0 Å². The lowest BCUT2D eigenvalue weighted by atomic mass is 9.89. The van der Waals surface area contributed by atoms with E-state index in [1.54, 1.807) is 0 Å². The zero-order valence-electron chi connectivity index (χ0n) is 12.3. The van der Waals surface area contributed by atoms with E-state index in [-0.39, 0.29) is 0 Å². The topological polar surface area (TPSA) is 51.0 Å². The summed E-state index contributed by atoms with van der Waals surface area (Å²) in [5.41, 5.74) is 0. The largest absolute Gasteiger partial charge is 0.339 e. The Bertz CT molecular complexity index is 358. The van der Waals surface area contributed by atoms with Gasteiger partial charge in [-0.1, -0.05) is 38.3 Å². The van der Waals surface area contributed by atoms with Crippen molar-refractivity contribution in [2.45, 2.75) is 77.2 Å². The number of aromatic nitrogens is 2. The molecule has 0 bridgehead atoms. The Hall–Kier alpha value is -0.900. The monoisotopic (exact) mass is 265 g/mol. The lowest BCUT2D eigenvalue weighted by molar-refractivity contribution is 0.341. The van der Waals surface area contributed by atoms with Gasteiger partial charge in [0.05, 0.1) is 0 Å². The summed E-state index contributed by atoms with van der Waals surface area (Å²) in [4.78, 5) is 4.61. The minimum absolute atomic E-state index is 0.458. The van der Waals surface area contributed by atoms with Gasteiger partial charge in [0.1, 0.15) is 0 Å². The van der Waals surface area contributed by atoms with Crippen LogP contribution in [0.1, 0.15) is 76.4 Å². The third-order valence-electron chi connectivity index (χ3n) is 4.05. The fourth-order valence-electron chi connectivity index (χ4n) is 2.80. The van der Waals surface area contributed by atoms with Crippen molar-refractivity contribution in [1.29, 1.82) is 0 Å². The summed E-state index contributed by atoms with van der Waals surface area (Å²) >= 11 is 0. The number of rotatable bonds is 7. The molecule has 1 aliphatic rings. The van der Waals surface area contributed by atoms with Crippen LogP contribution in [0.5, 0.6) is 0 Å². The van der Waals surface area contributed by atoms with Crippen LogP contribution in [0.3, 0.4) is 0 Å². The molecule has 0 saturated heterocycles. The van der Waals surface area contributed by atoms with E-state index in [9.17, 15) is 0 Å². The first-order chi connectivity index (χ1) is 9.33. The molecule has 1 aliphatic carbocycles. The second kappa shape index (κ2) is 7.63. The van der Waals surface area contributed by atoms with Gasteiger partial charge in [-0.3, -0.25) is 0 Å². The van der Waals surface area contributed by atoms with Gasteiger partial charge in [-0.2, -0.15) is 4.98 Å². The Morgan fingerprint density at radius 2 is 2.05 bits per heavy atom. The standard InChI is InChI=1S/C15H27N3O/c1-3-10-16-13(4-2)11-14-17-15(18-19-14)12-8-6-5-7-9-12/h12-13,16H,3-11H2,1-2H3. The molecule has 1 heterocycles. The maximum absolute atomic E-state index is 5.43. The highest BCUT2D eigenvalue weighted by Crippen LogP contribution is 2.30. The number of nitrogens with zero attached hydrogens (tertiary/aromatic N) is 2. The van der Waals surface area contributed by atoms with E-state index in [0.717, 1.165) is 37.5 Å². The second-order valence-corrected chi connectivity index (χ2v) is 5.64.